The zero-order valence-electron chi connectivity index (χ0n) is 17.8. The predicted octanol–water partition coefficient (Wildman–Crippen LogP) is 3.29. The fourth-order valence-corrected chi connectivity index (χ4v) is 4.73. The van der Waals surface area contributed by atoms with Crippen LogP contribution in [0.5, 0.6) is 5.75 Å². The zero-order chi connectivity index (χ0) is 20.5. The van der Waals surface area contributed by atoms with E-state index in [-0.39, 0.29) is 24.7 Å². The van der Waals surface area contributed by atoms with Crippen molar-refractivity contribution in [3.05, 3.63) is 30.0 Å². The smallest absolute Gasteiger partial charge is 0.270 e. The molecule has 1 amide bonds. The first-order valence-electron chi connectivity index (χ1n) is 10.9. The number of fused-ring (bicyclic) bond motifs is 3. The molecule has 0 aliphatic carbocycles. The second-order valence-electron chi connectivity index (χ2n) is 8.74. The fourth-order valence-electron chi connectivity index (χ4n) is 4.73. The number of carbonyl (C=O) groups is 1. The third kappa shape index (κ3) is 4.01. The lowest BCUT2D eigenvalue weighted by Gasteiger charge is -2.34. The minimum atomic E-state index is 0.0521. The summed E-state index contributed by atoms with van der Waals surface area (Å²) in [4.78, 5) is 17.3. The molecule has 1 aromatic heterocycles. The van der Waals surface area contributed by atoms with Crippen LogP contribution >= 0.6 is 0 Å². The van der Waals surface area contributed by atoms with Crippen LogP contribution < -0.4 is 4.74 Å². The fraction of sp³-hybridized carbons (Fsp3) is 0.609. The molecule has 1 atom stereocenters. The van der Waals surface area contributed by atoms with Crippen molar-refractivity contribution in [1.82, 2.24) is 14.4 Å². The standard InChI is InChI=1S/C23H33N3O3/c1-16(2)24-10-7-19(8-11-24)29-20-5-6-21-18(13-20)14-22-23(28)25(9-4-12-27)15-17(3)26(21)22/h5-6,13-14,16-17,19,27H,4,7-12,15H2,1-3H3. The topological polar surface area (TPSA) is 57.9 Å². The van der Waals surface area contributed by atoms with Gasteiger partial charge in [-0.1, -0.05) is 0 Å². The van der Waals surface area contributed by atoms with E-state index in [4.69, 9.17) is 9.84 Å². The molecule has 6 nitrogen and oxygen atoms in total. The highest BCUT2D eigenvalue weighted by Crippen LogP contribution is 2.32. The molecule has 4 rings (SSSR count). The van der Waals surface area contributed by atoms with E-state index in [1.165, 1.54) is 0 Å². The number of amides is 1. The number of rotatable bonds is 6. The van der Waals surface area contributed by atoms with Crippen molar-refractivity contribution in [3.8, 4) is 5.75 Å². The van der Waals surface area contributed by atoms with Gasteiger partial charge < -0.3 is 24.2 Å². The Morgan fingerprint density at radius 2 is 1.97 bits per heavy atom. The zero-order valence-corrected chi connectivity index (χ0v) is 17.8. The molecular formula is C23H33N3O3. The van der Waals surface area contributed by atoms with Crippen molar-refractivity contribution in [2.24, 2.45) is 0 Å². The van der Waals surface area contributed by atoms with Crippen LogP contribution in [0.25, 0.3) is 10.9 Å². The Morgan fingerprint density at radius 1 is 1.21 bits per heavy atom. The number of carbonyl (C=O) groups excluding carboxylic acids is 1. The molecule has 2 aliphatic rings. The SMILES string of the molecule is CC(C)N1CCC(Oc2ccc3c(c2)cc2n3C(C)CN(CCCO)C2=O)CC1. The molecule has 2 aromatic rings. The van der Waals surface area contributed by atoms with E-state index in [0.717, 1.165) is 48.3 Å². The average molecular weight is 400 g/mol. The molecule has 0 bridgehead atoms. The first kappa shape index (κ1) is 20.2. The van der Waals surface area contributed by atoms with Gasteiger partial charge in [-0.05, 0) is 64.3 Å². The number of piperidine rings is 1. The minimum absolute atomic E-state index is 0.0521. The largest absolute Gasteiger partial charge is 0.490 e. The lowest BCUT2D eigenvalue weighted by molar-refractivity contribution is 0.0667. The first-order valence-corrected chi connectivity index (χ1v) is 10.9. The molecule has 0 radical (unpaired) electrons. The van der Waals surface area contributed by atoms with E-state index in [1.54, 1.807) is 0 Å². The predicted molar refractivity (Wildman–Crippen MR) is 115 cm³/mol. The third-order valence-electron chi connectivity index (χ3n) is 6.34. The number of aromatic nitrogens is 1. The number of aliphatic hydroxyl groups excluding tert-OH is 1. The van der Waals surface area contributed by atoms with Gasteiger partial charge in [-0.15, -0.1) is 0 Å². The van der Waals surface area contributed by atoms with Gasteiger partial charge in [0.2, 0.25) is 0 Å². The Bertz CT molecular complexity index is 868. The molecule has 1 N–H and O–H groups in total. The van der Waals surface area contributed by atoms with Crippen molar-refractivity contribution in [1.29, 1.82) is 0 Å². The molecule has 29 heavy (non-hydrogen) atoms. The second-order valence-corrected chi connectivity index (χ2v) is 8.74. The van der Waals surface area contributed by atoms with Crippen LogP contribution in [0, 0.1) is 0 Å². The van der Waals surface area contributed by atoms with Crippen molar-refractivity contribution in [2.45, 2.75) is 58.2 Å². The highest BCUT2D eigenvalue weighted by molar-refractivity contribution is 6.00. The van der Waals surface area contributed by atoms with Gasteiger partial charge in [0.15, 0.2) is 0 Å². The van der Waals surface area contributed by atoms with Crippen LogP contribution in [0.15, 0.2) is 24.3 Å². The number of hydrogen-bond acceptors (Lipinski definition) is 4. The van der Waals surface area contributed by atoms with Gasteiger partial charge in [0.05, 0.1) is 0 Å². The van der Waals surface area contributed by atoms with Crippen molar-refractivity contribution in [3.63, 3.8) is 0 Å². The van der Waals surface area contributed by atoms with Crippen LogP contribution in [-0.4, -0.2) is 70.3 Å². The van der Waals surface area contributed by atoms with E-state index in [2.05, 4.69) is 42.4 Å². The monoisotopic (exact) mass is 399 g/mol. The van der Waals surface area contributed by atoms with E-state index in [9.17, 15) is 4.79 Å². The molecule has 1 unspecified atom stereocenters. The summed E-state index contributed by atoms with van der Waals surface area (Å²) >= 11 is 0. The molecule has 1 aromatic carbocycles. The lowest BCUT2D eigenvalue weighted by atomic mass is 10.1. The van der Waals surface area contributed by atoms with Crippen LogP contribution in [0.4, 0.5) is 0 Å². The molecule has 1 fully saturated rings. The number of likely N-dealkylation sites (tertiary alicyclic amines) is 1. The number of hydrogen-bond donors (Lipinski definition) is 1. The third-order valence-corrected chi connectivity index (χ3v) is 6.34. The summed E-state index contributed by atoms with van der Waals surface area (Å²) in [7, 11) is 0. The van der Waals surface area contributed by atoms with Gasteiger partial charge >= 0.3 is 0 Å². The summed E-state index contributed by atoms with van der Waals surface area (Å²) in [6, 6.07) is 9.01. The lowest BCUT2D eigenvalue weighted by Crippen LogP contribution is -2.42. The van der Waals surface area contributed by atoms with Crippen molar-refractivity contribution >= 4 is 16.8 Å². The maximum Gasteiger partial charge on any atom is 0.270 e. The molecule has 0 saturated carbocycles. The van der Waals surface area contributed by atoms with Gasteiger partial charge in [-0.3, -0.25) is 4.79 Å². The highest BCUT2D eigenvalue weighted by Gasteiger charge is 2.30. The Labute approximate surface area is 173 Å². The molecule has 3 heterocycles. The summed E-state index contributed by atoms with van der Waals surface area (Å²) in [5, 5.41) is 10.2. The van der Waals surface area contributed by atoms with Crippen LogP contribution in [0.3, 0.4) is 0 Å². The number of aliphatic hydroxyl groups is 1. The van der Waals surface area contributed by atoms with E-state index >= 15 is 0 Å². The Hall–Kier alpha value is -2.05. The van der Waals surface area contributed by atoms with Gasteiger partial charge in [-0.2, -0.15) is 0 Å². The normalized spacial score (nSPS) is 21.2. The summed E-state index contributed by atoms with van der Waals surface area (Å²) in [6.07, 6.45) is 2.98. The Kier molecular flexibility index (Phi) is 5.83. The molecular weight excluding hydrogens is 366 g/mol. The maximum absolute atomic E-state index is 12.9. The van der Waals surface area contributed by atoms with Crippen molar-refractivity contribution < 1.29 is 14.6 Å². The van der Waals surface area contributed by atoms with Gasteiger partial charge in [-0.25, -0.2) is 0 Å². The van der Waals surface area contributed by atoms with Gasteiger partial charge in [0.25, 0.3) is 5.91 Å². The molecule has 158 valence electrons. The summed E-state index contributed by atoms with van der Waals surface area (Å²) in [6.45, 7) is 10.2. The summed E-state index contributed by atoms with van der Waals surface area (Å²) in [5.74, 6) is 0.942. The maximum atomic E-state index is 12.9. The van der Waals surface area contributed by atoms with Gasteiger partial charge in [0, 0.05) is 55.8 Å². The first-order chi connectivity index (χ1) is 14.0. The van der Waals surface area contributed by atoms with E-state index in [1.807, 2.05) is 17.0 Å². The van der Waals surface area contributed by atoms with E-state index in [0.29, 0.717) is 25.6 Å². The Balaban J connectivity index is 1.52. The molecule has 6 heteroatoms. The van der Waals surface area contributed by atoms with Gasteiger partial charge in [0.1, 0.15) is 17.5 Å². The van der Waals surface area contributed by atoms with Crippen LogP contribution in [0.2, 0.25) is 0 Å². The molecule has 1 saturated heterocycles. The van der Waals surface area contributed by atoms with E-state index < -0.39 is 0 Å². The minimum Gasteiger partial charge on any atom is -0.490 e. The summed E-state index contributed by atoms with van der Waals surface area (Å²) < 4.78 is 8.44. The number of ether oxygens (including phenoxy) is 1. The number of nitrogens with zero attached hydrogens (tertiary/aromatic N) is 3. The quantitative estimate of drug-likeness (QED) is 0.810. The molecule has 0 spiro atoms. The van der Waals surface area contributed by atoms with Crippen molar-refractivity contribution in [2.75, 3.05) is 32.8 Å². The summed E-state index contributed by atoms with van der Waals surface area (Å²) in [5.41, 5.74) is 1.82. The average Bonchev–Trinajstić information content (AvgIpc) is 3.09. The second kappa shape index (κ2) is 8.36. The molecule has 2 aliphatic heterocycles. The number of benzene rings is 1. The Morgan fingerprint density at radius 3 is 2.66 bits per heavy atom. The highest BCUT2D eigenvalue weighted by atomic mass is 16.5. The van der Waals surface area contributed by atoms with Crippen LogP contribution in [0.1, 0.15) is 56.6 Å². The van der Waals surface area contributed by atoms with Crippen LogP contribution in [-0.2, 0) is 0 Å².